The Bertz CT molecular complexity index is 1430. The van der Waals surface area contributed by atoms with Crippen molar-refractivity contribution in [1.29, 1.82) is 0 Å². The lowest BCUT2D eigenvalue weighted by molar-refractivity contribution is -0.384. The van der Waals surface area contributed by atoms with Gasteiger partial charge in [0.15, 0.2) is 10.3 Å². The normalized spacial score (nSPS) is 11.5. The van der Waals surface area contributed by atoms with Crippen LogP contribution in [0.5, 0.6) is 0 Å². The molecule has 0 bridgehead atoms. The molecule has 4 rings (SSSR count). The number of carbonyl (C=O) groups is 1. The van der Waals surface area contributed by atoms with Crippen molar-refractivity contribution in [2.45, 2.75) is 14.3 Å². The third kappa shape index (κ3) is 4.75. The zero-order chi connectivity index (χ0) is 22.9. The van der Waals surface area contributed by atoms with E-state index in [4.69, 9.17) is 11.6 Å². The molecule has 0 radical (unpaired) electrons. The van der Waals surface area contributed by atoms with Crippen LogP contribution in [0, 0.1) is 10.1 Å². The Hall–Kier alpha value is -3.00. The van der Waals surface area contributed by atoms with E-state index in [0.29, 0.717) is 10.2 Å². The highest BCUT2D eigenvalue weighted by Crippen LogP contribution is 2.30. The number of rotatable bonds is 7. The third-order valence-electron chi connectivity index (χ3n) is 4.12. The number of imidazole rings is 1. The van der Waals surface area contributed by atoms with E-state index in [2.05, 4.69) is 20.3 Å². The van der Waals surface area contributed by atoms with Crippen molar-refractivity contribution in [3.05, 3.63) is 63.8 Å². The van der Waals surface area contributed by atoms with Crippen LogP contribution in [0.3, 0.4) is 0 Å². The van der Waals surface area contributed by atoms with Gasteiger partial charge in [0.1, 0.15) is 4.21 Å². The number of non-ortho nitro benzene ring substituents is 1. The molecule has 0 unspecified atom stereocenters. The van der Waals surface area contributed by atoms with Gasteiger partial charge in [0.05, 0.1) is 32.8 Å². The van der Waals surface area contributed by atoms with Gasteiger partial charge in [-0.1, -0.05) is 34.7 Å². The Labute approximate surface area is 194 Å². The minimum absolute atomic E-state index is 0.0254. The molecule has 4 aromatic rings. The lowest BCUT2D eigenvalue weighted by atomic mass is 10.3. The number of amides is 1. The van der Waals surface area contributed by atoms with Gasteiger partial charge in [0, 0.05) is 17.2 Å². The van der Waals surface area contributed by atoms with Crippen LogP contribution in [-0.2, 0) is 14.6 Å². The fraction of sp³-hybridized carbons (Fsp3) is 0.0556. The van der Waals surface area contributed by atoms with Gasteiger partial charge in [-0.25, -0.2) is 18.4 Å². The van der Waals surface area contributed by atoms with E-state index in [-0.39, 0.29) is 31.6 Å². The first-order valence-electron chi connectivity index (χ1n) is 8.76. The van der Waals surface area contributed by atoms with E-state index in [1.807, 2.05) is 0 Å². The summed E-state index contributed by atoms with van der Waals surface area (Å²) in [7, 11) is -3.92. The monoisotopic (exact) mass is 509 g/mol. The fourth-order valence-corrected chi connectivity index (χ4v) is 5.93. The van der Waals surface area contributed by atoms with E-state index >= 15 is 0 Å². The second-order valence-electron chi connectivity index (χ2n) is 6.28. The standard InChI is InChI=1S/C18H12ClN5O5S3/c19-10-1-6-13-14(7-10)22-18(21-13)30-9-15(25)23-17-20-8-16(31-17)32(28,29)12-4-2-11(3-5-12)24(26)27/h1-8H,9H2,(H,21,22)(H,20,23,25). The number of nitrogens with zero attached hydrogens (tertiary/aromatic N) is 3. The van der Waals surface area contributed by atoms with Gasteiger partial charge in [-0.3, -0.25) is 14.9 Å². The van der Waals surface area contributed by atoms with Crippen LogP contribution in [0.2, 0.25) is 5.02 Å². The van der Waals surface area contributed by atoms with Crippen molar-refractivity contribution in [1.82, 2.24) is 15.0 Å². The van der Waals surface area contributed by atoms with Crippen LogP contribution >= 0.6 is 34.7 Å². The Balaban J connectivity index is 1.40. The maximum atomic E-state index is 12.7. The number of carbonyl (C=O) groups excluding carboxylic acids is 1. The van der Waals surface area contributed by atoms with Crippen molar-refractivity contribution < 1.29 is 18.1 Å². The number of aromatic nitrogens is 3. The number of nitro groups is 1. The summed E-state index contributed by atoms with van der Waals surface area (Å²) < 4.78 is 25.3. The number of thiazole rings is 1. The molecule has 2 aromatic carbocycles. The molecule has 0 saturated carbocycles. The van der Waals surface area contributed by atoms with Crippen molar-refractivity contribution in [3.63, 3.8) is 0 Å². The summed E-state index contributed by atoms with van der Waals surface area (Å²) in [6.45, 7) is 0. The number of nitrogens with one attached hydrogen (secondary N) is 2. The first kappa shape index (κ1) is 22.2. The minimum atomic E-state index is -3.92. The average molecular weight is 510 g/mol. The first-order chi connectivity index (χ1) is 15.2. The van der Waals surface area contributed by atoms with Gasteiger partial charge in [-0.05, 0) is 30.3 Å². The molecule has 0 aliphatic heterocycles. The number of halogens is 1. The second kappa shape index (κ2) is 8.86. The molecule has 0 fully saturated rings. The van der Waals surface area contributed by atoms with Gasteiger partial charge in [0.25, 0.3) is 5.69 Å². The molecule has 2 aromatic heterocycles. The summed E-state index contributed by atoms with van der Waals surface area (Å²) in [5.74, 6) is -0.362. The van der Waals surface area contributed by atoms with Gasteiger partial charge in [-0.15, -0.1) is 0 Å². The van der Waals surface area contributed by atoms with Gasteiger partial charge >= 0.3 is 0 Å². The van der Waals surface area contributed by atoms with Crippen LogP contribution in [0.25, 0.3) is 11.0 Å². The number of H-pyrrole nitrogens is 1. The topological polar surface area (TPSA) is 148 Å². The highest BCUT2D eigenvalue weighted by Gasteiger charge is 2.22. The SMILES string of the molecule is O=C(CSc1nc2ccc(Cl)cc2[nH]1)Nc1ncc(S(=O)(=O)c2ccc([N+](=O)[O-])cc2)s1. The van der Waals surface area contributed by atoms with E-state index in [0.717, 1.165) is 52.8 Å². The van der Waals surface area contributed by atoms with Crippen LogP contribution in [0.1, 0.15) is 0 Å². The van der Waals surface area contributed by atoms with Crippen LogP contribution in [0.4, 0.5) is 10.8 Å². The number of thioether (sulfide) groups is 1. The van der Waals surface area contributed by atoms with E-state index in [9.17, 15) is 23.3 Å². The number of benzene rings is 2. The molecule has 0 spiro atoms. The largest absolute Gasteiger partial charge is 0.333 e. The number of fused-ring (bicyclic) bond motifs is 1. The number of hydrogen-bond acceptors (Lipinski definition) is 9. The fourth-order valence-electron chi connectivity index (χ4n) is 2.62. The lowest BCUT2D eigenvalue weighted by Gasteiger charge is -2.01. The lowest BCUT2D eigenvalue weighted by Crippen LogP contribution is -2.13. The number of hydrogen-bond donors (Lipinski definition) is 2. The van der Waals surface area contributed by atoms with E-state index in [1.54, 1.807) is 18.2 Å². The first-order valence-corrected chi connectivity index (χ1v) is 12.4. The van der Waals surface area contributed by atoms with Gasteiger partial charge in [0.2, 0.25) is 15.7 Å². The molecule has 0 aliphatic rings. The van der Waals surface area contributed by atoms with Gasteiger partial charge < -0.3 is 10.3 Å². The molecule has 10 nitrogen and oxygen atoms in total. The summed E-state index contributed by atoms with van der Waals surface area (Å²) in [5, 5.41) is 14.5. The highest BCUT2D eigenvalue weighted by molar-refractivity contribution is 7.99. The van der Waals surface area contributed by atoms with Crippen molar-refractivity contribution in [2.24, 2.45) is 0 Å². The maximum Gasteiger partial charge on any atom is 0.269 e. The zero-order valence-corrected chi connectivity index (χ0v) is 19.0. The number of anilines is 1. The molecule has 0 atom stereocenters. The highest BCUT2D eigenvalue weighted by atomic mass is 35.5. The number of aromatic amines is 1. The summed E-state index contributed by atoms with van der Waals surface area (Å²) >= 11 is 7.91. The summed E-state index contributed by atoms with van der Waals surface area (Å²) in [5.41, 5.74) is 1.26. The third-order valence-corrected chi connectivity index (χ3v) is 8.37. The van der Waals surface area contributed by atoms with Crippen molar-refractivity contribution in [3.8, 4) is 0 Å². The van der Waals surface area contributed by atoms with Crippen molar-refractivity contribution in [2.75, 3.05) is 11.1 Å². The minimum Gasteiger partial charge on any atom is -0.333 e. The Morgan fingerprint density at radius 2 is 2.00 bits per heavy atom. The van der Waals surface area contributed by atoms with Crippen LogP contribution in [-0.4, -0.2) is 40.0 Å². The quantitative estimate of drug-likeness (QED) is 0.214. The van der Waals surface area contributed by atoms with Gasteiger partial charge in [-0.2, -0.15) is 0 Å². The maximum absolute atomic E-state index is 12.7. The van der Waals surface area contributed by atoms with Crippen LogP contribution in [0.15, 0.2) is 62.9 Å². The molecule has 0 saturated heterocycles. The van der Waals surface area contributed by atoms with Crippen molar-refractivity contribution >= 4 is 72.3 Å². The Morgan fingerprint density at radius 1 is 1.25 bits per heavy atom. The number of nitro benzene ring substituents is 1. The second-order valence-corrected chi connectivity index (χ2v) is 10.9. The molecule has 2 N–H and O–H groups in total. The molecule has 1 amide bonds. The summed E-state index contributed by atoms with van der Waals surface area (Å²) in [6.07, 6.45) is 1.13. The smallest absolute Gasteiger partial charge is 0.269 e. The molecular weight excluding hydrogens is 498 g/mol. The molecule has 32 heavy (non-hydrogen) atoms. The Kier molecular flexibility index (Phi) is 6.15. The molecule has 14 heteroatoms. The predicted molar refractivity (Wildman–Crippen MR) is 121 cm³/mol. The van der Waals surface area contributed by atoms with Crippen LogP contribution < -0.4 is 5.32 Å². The predicted octanol–water partition coefficient (Wildman–Crippen LogP) is 4.14. The van der Waals surface area contributed by atoms with E-state index < -0.39 is 14.8 Å². The number of sulfone groups is 1. The Morgan fingerprint density at radius 3 is 2.72 bits per heavy atom. The molecule has 0 aliphatic carbocycles. The molecule has 2 heterocycles. The molecular formula is C18H12ClN5O5S3. The van der Waals surface area contributed by atoms with E-state index in [1.165, 1.54) is 11.8 Å². The summed E-state index contributed by atoms with van der Waals surface area (Å²) in [4.78, 5) is 33.6. The average Bonchev–Trinajstić information content (AvgIpc) is 3.39. The molecule has 164 valence electrons. The summed E-state index contributed by atoms with van der Waals surface area (Å²) in [6, 6.07) is 9.75. The zero-order valence-electron chi connectivity index (χ0n) is 15.8.